The van der Waals surface area contributed by atoms with Crippen molar-refractivity contribution in [3.8, 4) is 5.75 Å². The third kappa shape index (κ3) is 6.15. The molecule has 130 valence electrons. The van der Waals surface area contributed by atoms with Gasteiger partial charge in [-0.25, -0.2) is 0 Å². The number of ether oxygens (including phenoxy) is 1. The standard InChI is InChI=1S/C17H16ClN3O4/c1-24-15-8-2-12(3-9-15)10-19-25-11-16(22)20-21-17(23)13-4-6-14(18)7-5-13/h2-10H,11H2,1H3,(H,20,22)(H,21,23)/b19-10-. The van der Waals surface area contributed by atoms with Crippen molar-refractivity contribution >= 4 is 29.6 Å². The third-order valence-electron chi connectivity index (χ3n) is 3.01. The number of hydrazine groups is 1. The van der Waals surface area contributed by atoms with Crippen LogP contribution in [-0.4, -0.2) is 31.7 Å². The SMILES string of the molecule is COc1ccc(/C=N\OCC(=O)NNC(=O)c2ccc(Cl)cc2)cc1. The van der Waals surface area contributed by atoms with E-state index in [-0.39, 0.29) is 6.61 Å². The van der Waals surface area contributed by atoms with Gasteiger partial charge < -0.3 is 9.57 Å². The van der Waals surface area contributed by atoms with Gasteiger partial charge in [-0.15, -0.1) is 0 Å². The maximum atomic E-state index is 11.8. The number of hydrogen-bond donors (Lipinski definition) is 2. The van der Waals surface area contributed by atoms with Crippen molar-refractivity contribution in [1.29, 1.82) is 0 Å². The molecule has 0 aliphatic carbocycles. The number of nitrogens with one attached hydrogen (secondary N) is 2. The molecule has 2 aromatic carbocycles. The fourth-order valence-corrected chi connectivity index (χ4v) is 1.85. The topological polar surface area (TPSA) is 89.0 Å². The second kappa shape index (κ2) is 9.29. The summed E-state index contributed by atoms with van der Waals surface area (Å²) in [6.45, 7) is -0.340. The zero-order valence-electron chi connectivity index (χ0n) is 13.4. The molecule has 2 amide bonds. The number of benzene rings is 2. The summed E-state index contributed by atoms with van der Waals surface area (Å²) in [7, 11) is 1.58. The number of halogens is 1. The Morgan fingerprint density at radius 3 is 2.40 bits per heavy atom. The van der Waals surface area contributed by atoms with E-state index >= 15 is 0 Å². The molecular weight excluding hydrogens is 346 g/mol. The summed E-state index contributed by atoms with van der Waals surface area (Å²) in [6.07, 6.45) is 1.46. The summed E-state index contributed by atoms with van der Waals surface area (Å²) in [6, 6.07) is 13.4. The number of rotatable bonds is 6. The maximum absolute atomic E-state index is 11.8. The first kappa shape index (κ1) is 18.3. The summed E-state index contributed by atoms with van der Waals surface area (Å²) >= 11 is 5.74. The Morgan fingerprint density at radius 1 is 1.08 bits per heavy atom. The van der Waals surface area contributed by atoms with E-state index in [1.165, 1.54) is 6.21 Å². The van der Waals surface area contributed by atoms with Gasteiger partial charge in [0.05, 0.1) is 13.3 Å². The van der Waals surface area contributed by atoms with Crippen molar-refractivity contribution in [3.63, 3.8) is 0 Å². The van der Waals surface area contributed by atoms with Crippen LogP contribution in [0.25, 0.3) is 0 Å². The highest BCUT2D eigenvalue weighted by atomic mass is 35.5. The van der Waals surface area contributed by atoms with Gasteiger partial charge in [0.1, 0.15) is 5.75 Å². The fraction of sp³-hybridized carbons (Fsp3) is 0.118. The molecule has 7 nitrogen and oxygen atoms in total. The molecule has 25 heavy (non-hydrogen) atoms. The van der Waals surface area contributed by atoms with E-state index < -0.39 is 11.8 Å². The molecule has 2 N–H and O–H groups in total. The average molecular weight is 362 g/mol. The molecule has 0 fully saturated rings. The van der Waals surface area contributed by atoms with Crippen LogP contribution < -0.4 is 15.6 Å². The first-order valence-corrected chi connectivity index (χ1v) is 7.60. The summed E-state index contributed by atoms with van der Waals surface area (Å²) in [5.41, 5.74) is 5.64. The molecule has 0 aliphatic heterocycles. The second-order valence-corrected chi connectivity index (χ2v) is 5.23. The van der Waals surface area contributed by atoms with Crippen LogP contribution in [0.1, 0.15) is 15.9 Å². The van der Waals surface area contributed by atoms with E-state index in [9.17, 15) is 9.59 Å². The van der Waals surface area contributed by atoms with E-state index in [1.54, 1.807) is 55.6 Å². The van der Waals surface area contributed by atoms with Crippen LogP contribution in [0, 0.1) is 0 Å². The Morgan fingerprint density at radius 2 is 1.76 bits per heavy atom. The Kier molecular flexibility index (Phi) is 6.79. The summed E-state index contributed by atoms with van der Waals surface area (Å²) in [4.78, 5) is 28.2. The predicted molar refractivity (Wildman–Crippen MR) is 93.6 cm³/mol. The van der Waals surface area contributed by atoms with Crippen LogP contribution in [0.15, 0.2) is 53.7 Å². The van der Waals surface area contributed by atoms with E-state index in [0.29, 0.717) is 10.6 Å². The van der Waals surface area contributed by atoms with Crippen molar-refractivity contribution in [2.75, 3.05) is 13.7 Å². The zero-order valence-corrected chi connectivity index (χ0v) is 14.1. The number of hydrogen-bond acceptors (Lipinski definition) is 5. The van der Waals surface area contributed by atoms with Crippen molar-refractivity contribution < 1.29 is 19.2 Å². The normalized spacial score (nSPS) is 10.3. The molecule has 0 unspecified atom stereocenters. The number of nitrogens with zero attached hydrogens (tertiary/aromatic N) is 1. The quantitative estimate of drug-likeness (QED) is 0.609. The van der Waals surface area contributed by atoms with Gasteiger partial charge in [-0.05, 0) is 54.1 Å². The Bertz CT molecular complexity index is 745. The van der Waals surface area contributed by atoms with Gasteiger partial charge in [-0.1, -0.05) is 16.8 Å². The third-order valence-corrected chi connectivity index (χ3v) is 3.26. The molecule has 0 aromatic heterocycles. The molecule has 8 heteroatoms. The van der Waals surface area contributed by atoms with Gasteiger partial charge in [0.2, 0.25) is 0 Å². The minimum Gasteiger partial charge on any atom is -0.497 e. The van der Waals surface area contributed by atoms with Gasteiger partial charge in [-0.3, -0.25) is 20.4 Å². The summed E-state index contributed by atoms with van der Waals surface area (Å²) in [5, 5.41) is 4.20. The van der Waals surface area contributed by atoms with Gasteiger partial charge in [0, 0.05) is 10.6 Å². The van der Waals surface area contributed by atoms with Crippen LogP contribution in [0.3, 0.4) is 0 Å². The molecule has 0 radical (unpaired) electrons. The highest BCUT2D eigenvalue weighted by Crippen LogP contribution is 2.10. The number of carbonyl (C=O) groups is 2. The van der Waals surface area contributed by atoms with Crippen LogP contribution >= 0.6 is 11.6 Å². The number of methoxy groups -OCH3 is 1. The van der Waals surface area contributed by atoms with Crippen LogP contribution in [0.2, 0.25) is 5.02 Å². The number of carbonyl (C=O) groups excluding carboxylic acids is 2. The Balaban J connectivity index is 1.70. The molecule has 0 heterocycles. The molecule has 0 atom stereocenters. The molecule has 0 bridgehead atoms. The summed E-state index contributed by atoms with van der Waals surface area (Å²) < 4.78 is 5.04. The molecule has 2 aromatic rings. The molecule has 0 saturated carbocycles. The first-order valence-electron chi connectivity index (χ1n) is 7.22. The van der Waals surface area contributed by atoms with Crippen LogP contribution in [0.4, 0.5) is 0 Å². The van der Waals surface area contributed by atoms with E-state index in [4.69, 9.17) is 21.2 Å². The number of oxime groups is 1. The lowest BCUT2D eigenvalue weighted by atomic mass is 10.2. The van der Waals surface area contributed by atoms with Crippen molar-refractivity contribution in [2.45, 2.75) is 0 Å². The first-order chi connectivity index (χ1) is 12.1. The smallest absolute Gasteiger partial charge is 0.279 e. The van der Waals surface area contributed by atoms with Crippen LogP contribution in [-0.2, 0) is 9.63 Å². The summed E-state index contributed by atoms with van der Waals surface area (Å²) in [5.74, 6) is -0.283. The maximum Gasteiger partial charge on any atom is 0.279 e. The molecular formula is C17H16ClN3O4. The predicted octanol–water partition coefficient (Wildman–Crippen LogP) is 2.16. The largest absolute Gasteiger partial charge is 0.497 e. The van der Waals surface area contributed by atoms with Crippen molar-refractivity contribution in [2.24, 2.45) is 5.16 Å². The highest BCUT2D eigenvalue weighted by molar-refractivity contribution is 6.30. The highest BCUT2D eigenvalue weighted by Gasteiger charge is 2.07. The molecule has 0 saturated heterocycles. The zero-order chi connectivity index (χ0) is 18.1. The lowest BCUT2D eigenvalue weighted by Gasteiger charge is -2.06. The average Bonchev–Trinajstić information content (AvgIpc) is 2.64. The van der Waals surface area contributed by atoms with E-state index in [2.05, 4.69) is 16.0 Å². The van der Waals surface area contributed by atoms with E-state index in [0.717, 1.165) is 11.3 Å². The Hall–Kier alpha value is -3.06. The molecule has 2 rings (SSSR count). The molecule has 0 aliphatic rings. The van der Waals surface area contributed by atoms with Crippen LogP contribution in [0.5, 0.6) is 5.75 Å². The van der Waals surface area contributed by atoms with Crippen molar-refractivity contribution in [1.82, 2.24) is 10.9 Å². The van der Waals surface area contributed by atoms with Gasteiger partial charge in [-0.2, -0.15) is 0 Å². The second-order valence-electron chi connectivity index (χ2n) is 4.79. The lowest BCUT2D eigenvalue weighted by Crippen LogP contribution is -2.43. The lowest BCUT2D eigenvalue weighted by molar-refractivity contribution is -0.126. The minimum absolute atomic E-state index is 0.340. The van der Waals surface area contributed by atoms with Gasteiger partial charge in [0.25, 0.3) is 11.8 Å². The number of amides is 2. The van der Waals surface area contributed by atoms with Crippen molar-refractivity contribution in [3.05, 3.63) is 64.7 Å². The fourth-order valence-electron chi connectivity index (χ4n) is 1.72. The molecule has 0 spiro atoms. The monoisotopic (exact) mass is 361 g/mol. The minimum atomic E-state index is -0.547. The van der Waals surface area contributed by atoms with Gasteiger partial charge >= 0.3 is 0 Å². The van der Waals surface area contributed by atoms with Gasteiger partial charge in [0.15, 0.2) is 6.61 Å². The van der Waals surface area contributed by atoms with E-state index in [1.807, 2.05) is 0 Å². The Labute approximate surface area is 149 Å².